The molecule has 0 fully saturated rings. The van der Waals surface area contributed by atoms with Gasteiger partial charge in [-0.2, -0.15) is 0 Å². The van der Waals surface area contributed by atoms with Crippen LogP contribution in [0.1, 0.15) is 35.4 Å². The minimum Gasteiger partial charge on any atom is -0.392 e. The van der Waals surface area contributed by atoms with Crippen LogP contribution < -0.4 is 5.32 Å². The zero-order valence-electron chi connectivity index (χ0n) is 12.1. The summed E-state index contributed by atoms with van der Waals surface area (Å²) in [6.07, 6.45) is 0. The zero-order valence-corrected chi connectivity index (χ0v) is 13.7. The fraction of sp³-hybridized carbons (Fsp3) is 0.333. The molecule has 2 N–H and O–H groups in total. The molecule has 1 atom stereocenters. The van der Waals surface area contributed by atoms with Gasteiger partial charge in [0.25, 0.3) is 0 Å². The summed E-state index contributed by atoms with van der Waals surface area (Å²) >= 11 is 3.36. The van der Waals surface area contributed by atoms with Crippen molar-refractivity contribution in [2.75, 3.05) is 5.32 Å². The van der Waals surface area contributed by atoms with E-state index >= 15 is 0 Å². The predicted molar refractivity (Wildman–Crippen MR) is 83.1 cm³/mol. The molecule has 1 heterocycles. The Morgan fingerprint density at radius 1 is 1.48 bits per heavy atom. The Labute approximate surface area is 131 Å². The van der Waals surface area contributed by atoms with Crippen LogP contribution in [0.2, 0.25) is 0 Å². The second kappa shape index (κ2) is 6.41. The summed E-state index contributed by atoms with van der Waals surface area (Å²) in [6.45, 7) is 5.25. The lowest BCUT2D eigenvalue weighted by Crippen LogP contribution is -2.20. The van der Waals surface area contributed by atoms with E-state index in [0.717, 1.165) is 10.0 Å². The summed E-state index contributed by atoms with van der Waals surface area (Å²) in [5.74, 6) is 0.0887. The van der Waals surface area contributed by atoms with Crippen LogP contribution in [0.5, 0.6) is 0 Å². The number of aryl methyl sites for hydroxylation is 2. The Balaban J connectivity index is 2.25. The highest BCUT2D eigenvalue weighted by atomic mass is 79.9. The minimum absolute atomic E-state index is 0.156. The van der Waals surface area contributed by atoms with E-state index in [1.165, 1.54) is 0 Å². The second-order valence-electron chi connectivity index (χ2n) is 4.87. The molecule has 112 valence electrons. The van der Waals surface area contributed by atoms with Gasteiger partial charge in [0.15, 0.2) is 0 Å². The SMILES string of the molecule is Cc1noc(C)c1C(C)C(=O)Nc1cccc(Br)c1CO. The number of carbonyl (C=O) groups is 1. The van der Waals surface area contributed by atoms with Crippen LogP contribution in [-0.2, 0) is 11.4 Å². The van der Waals surface area contributed by atoms with Gasteiger partial charge in [0.1, 0.15) is 5.76 Å². The summed E-state index contributed by atoms with van der Waals surface area (Å²) in [7, 11) is 0. The van der Waals surface area contributed by atoms with Gasteiger partial charge < -0.3 is 14.9 Å². The Morgan fingerprint density at radius 3 is 2.76 bits per heavy atom. The van der Waals surface area contributed by atoms with E-state index in [1.54, 1.807) is 26.0 Å². The molecule has 1 unspecified atom stereocenters. The maximum Gasteiger partial charge on any atom is 0.231 e. The first-order valence-electron chi connectivity index (χ1n) is 6.57. The lowest BCUT2D eigenvalue weighted by Gasteiger charge is -2.15. The molecule has 1 amide bonds. The number of rotatable bonds is 4. The molecule has 0 aliphatic heterocycles. The highest BCUT2D eigenvalue weighted by Gasteiger charge is 2.23. The second-order valence-corrected chi connectivity index (χ2v) is 5.73. The zero-order chi connectivity index (χ0) is 15.6. The molecule has 0 saturated heterocycles. The number of aromatic nitrogens is 1. The van der Waals surface area contributed by atoms with E-state index in [0.29, 0.717) is 22.7 Å². The lowest BCUT2D eigenvalue weighted by molar-refractivity contribution is -0.117. The van der Waals surface area contributed by atoms with Crippen LogP contribution in [0.3, 0.4) is 0 Å². The van der Waals surface area contributed by atoms with Crippen molar-refractivity contribution in [3.63, 3.8) is 0 Å². The van der Waals surface area contributed by atoms with E-state index < -0.39 is 0 Å². The first kappa shape index (κ1) is 15.7. The minimum atomic E-state index is -0.387. The van der Waals surface area contributed by atoms with Crippen molar-refractivity contribution in [1.29, 1.82) is 0 Å². The van der Waals surface area contributed by atoms with E-state index in [4.69, 9.17) is 4.52 Å². The van der Waals surface area contributed by atoms with E-state index in [1.807, 2.05) is 13.0 Å². The highest BCUT2D eigenvalue weighted by Crippen LogP contribution is 2.28. The Morgan fingerprint density at radius 2 is 2.19 bits per heavy atom. The molecule has 1 aromatic carbocycles. The largest absolute Gasteiger partial charge is 0.392 e. The summed E-state index contributed by atoms with van der Waals surface area (Å²) in [4.78, 5) is 12.4. The first-order chi connectivity index (χ1) is 9.95. The van der Waals surface area contributed by atoms with E-state index in [9.17, 15) is 9.90 Å². The average Bonchev–Trinajstić information content (AvgIpc) is 2.77. The van der Waals surface area contributed by atoms with Gasteiger partial charge in [-0.3, -0.25) is 4.79 Å². The Hall–Kier alpha value is -1.66. The molecule has 0 bridgehead atoms. The summed E-state index contributed by atoms with van der Waals surface area (Å²) in [5, 5.41) is 16.1. The number of aliphatic hydroxyl groups excluding tert-OH is 1. The normalized spacial score (nSPS) is 12.2. The molecular weight excluding hydrogens is 336 g/mol. The third-order valence-electron chi connectivity index (χ3n) is 3.45. The number of hydrogen-bond acceptors (Lipinski definition) is 4. The Kier molecular flexibility index (Phi) is 4.80. The van der Waals surface area contributed by atoms with Crippen LogP contribution in [0.25, 0.3) is 0 Å². The fourth-order valence-electron chi connectivity index (χ4n) is 2.32. The molecule has 0 aliphatic rings. The van der Waals surface area contributed by atoms with Crippen LogP contribution in [0.15, 0.2) is 27.2 Å². The van der Waals surface area contributed by atoms with Gasteiger partial charge in [-0.15, -0.1) is 0 Å². The van der Waals surface area contributed by atoms with Gasteiger partial charge in [-0.05, 0) is 32.9 Å². The molecule has 5 nitrogen and oxygen atoms in total. The van der Waals surface area contributed by atoms with Crippen molar-refractivity contribution in [2.24, 2.45) is 0 Å². The van der Waals surface area contributed by atoms with Gasteiger partial charge in [0, 0.05) is 21.3 Å². The molecule has 2 aromatic rings. The summed E-state index contributed by atoms with van der Waals surface area (Å²) < 4.78 is 5.86. The highest BCUT2D eigenvalue weighted by molar-refractivity contribution is 9.10. The fourth-order valence-corrected chi connectivity index (χ4v) is 2.81. The van der Waals surface area contributed by atoms with Crippen LogP contribution >= 0.6 is 15.9 Å². The summed E-state index contributed by atoms with van der Waals surface area (Å²) in [5.41, 5.74) is 2.76. The predicted octanol–water partition coefficient (Wildman–Crippen LogP) is 3.29. The van der Waals surface area contributed by atoms with Crippen LogP contribution in [0, 0.1) is 13.8 Å². The Bertz CT molecular complexity index is 647. The van der Waals surface area contributed by atoms with Gasteiger partial charge in [0.2, 0.25) is 5.91 Å². The van der Waals surface area contributed by atoms with Crippen LogP contribution in [0.4, 0.5) is 5.69 Å². The van der Waals surface area contributed by atoms with Crippen molar-refractivity contribution in [1.82, 2.24) is 5.16 Å². The van der Waals surface area contributed by atoms with E-state index in [2.05, 4.69) is 26.4 Å². The molecule has 1 aromatic heterocycles. The smallest absolute Gasteiger partial charge is 0.231 e. The molecule has 0 saturated carbocycles. The molecule has 0 radical (unpaired) electrons. The van der Waals surface area contributed by atoms with Crippen molar-refractivity contribution in [3.05, 3.63) is 45.3 Å². The topological polar surface area (TPSA) is 75.4 Å². The van der Waals surface area contributed by atoms with Gasteiger partial charge in [-0.25, -0.2) is 0 Å². The molecule has 0 spiro atoms. The number of halogens is 1. The average molecular weight is 353 g/mol. The number of aliphatic hydroxyl groups is 1. The third kappa shape index (κ3) is 3.16. The number of nitrogens with zero attached hydrogens (tertiary/aromatic N) is 1. The van der Waals surface area contributed by atoms with Crippen molar-refractivity contribution in [2.45, 2.75) is 33.3 Å². The number of carbonyl (C=O) groups excluding carboxylic acids is 1. The summed E-state index contributed by atoms with van der Waals surface area (Å²) in [6, 6.07) is 5.38. The quantitative estimate of drug-likeness (QED) is 0.885. The molecule has 21 heavy (non-hydrogen) atoms. The van der Waals surface area contributed by atoms with Gasteiger partial charge >= 0.3 is 0 Å². The standard InChI is InChI=1S/C15H17BrN2O3/c1-8(14-9(2)18-21-10(14)3)15(20)17-13-6-4-5-12(16)11(13)7-19/h4-6,8,19H,7H2,1-3H3,(H,17,20). The number of amides is 1. The van der Waals surface area contributed by atoms with E-state index in [-0.39, 0.29) is 18.4 Å². The number of nitrogens with one attached hydrogen (secondary N) is 1. The third-order valence-corrected chi connectivity index (χ3v) is 4.19. The molecular formula is C15H17BrN2O3. The van der Waals surface area contributed by atoms with Crippen molar-refractivity contribution >= 4 is 27.5 Å². The van der Waals surface area contributed by atoms with Crippen molar-refractivity contribution in [3.8, 4) is 0 Å². The van der Waals surface area contributed by atoms with Gasteiger partial charge in [-0.1, -0.05) is 27.2 Å². The molecule has 2 rings (SSSR count). The number of anilines is 1. The monoisotopic (exact) mass is 352 g/mol. The molecule has 6 heteroatoms. The lowest BCUT2D eigenvalue weighted by atomic mass is 9.98. The van der Waals surface area contributed by atoms with Gasteiger partial charge in [0.05, 0.1) is 18.2 Å². The number of hydrogen-bond donors (Lipinski definition) is 2. The number of benzene rings is 1. The maximum absolute atomic E-state index is 12.4. The first-order valence-corrected chi connectivity index (χ1v) is 7.36. The van der Waals surface area contributed by atoms with Crippen LogP contribution in [-0.4, -0.2) is 16.2 Å². The maximum atomic E-state index is 12.4. The molecule has 0 aliphatic carbocycles. The van der Waals surface area contributed by atoms with Crippen molar-refractivity contribution < 1.29 is 14.4 Å².